The minimum atomic E-state index is -0.737. The lowest BCUT2D eigenvalue weighted by atomic mass is 9.89. The molecule has 5 heteroatoms. The fourth-order valence-electron chi connectivity index (χ4n) is 1.67. The largest absolute Gasteiger partial charge is 0.446 e. The quantitative estimate of drug-likeness (QED) is 0.862. The van der Waals surface area contributed by atoms with E-state index in [1.54, 1.807) is 29.1 Å². The third kappa shape index (κ3) is 3.39. The summed E-state index contributed by atoms with van der Waals surface area (Å²) in [4.78, 5) is 16.6. The molecule has 0 aliphatic heterocycles. The third-order valence-electron chi connectivity index (χ3n) is 2.79. The molecule has 0 aromatic carbocycles. The summed E-state index contributed by atoms with van der Waals surface area (Å²) >= 11 is 5.79. The molecular formula is C15H17ClN2O2. The van der Waals surface area contributed by atoms with E-state index >= 15 is 0 Å². The number of ketones is 1. The van der Waals surface area contributed by atoms with Crippen LogP contribution in [0.5, 0.6) is 5.88 Å². The number of aromatic nitrogens is 2. The van der Waals surface area contributed by atoms with Gasteiger partial charge in [0.1, 0.15) is 0 Å². The lowest BCUT2D eigenvalue weighted by Gasteiger charge is -2.25. The van der Waals surface area contributed by atoms with E-state index in [9.17, 15) is 4.79 Å². The second-order valence-corrected chi connectivity index (χ2v) is 5.97. The van der Waals surface area contributed by atoms with Gasteiger partial charge in [0.05, 0.1) is 5.02 Å². The summed E-state index contributed by atoms with van der Waals surface area (Å²) in [7, 11) is 0. The van der Waals surface area contributed by atoms with Crippen molar-refractivity contribution >= 4 is 17.4 Å². The molecule has 4 nitrogen and oxygen atoms in total. The average molecular weight is 293 g/mol. The summed E-state index contributed by atoms with van der Waals surface area (Å²) < 4.78 is 7.47. The summed E-state index contributed by atoms with van der Waals surface area (Å²) in [5, 5.41) is 0.525. The van der Waals surface area contributed by atoms with Crippen LogP contribution in [0, 0.1) is 5.41 Å². The maximum absolute atomic E-state index is 12.5. The summed E-state index contributed by atoms with van der Waals surface area (Å²) in [6.07, 6.45) is 4.35. The van der Waals surface area contributed by atoms with Crippen molar-refractivity contribution in [2.24, 2.45) is 5.41 Å². The minimum Gasteiger partial charge on any atom is -0.446 e. The van der Waals surface area contributed by atoms with E-state index in [4.69, 9.17) is 16.3 Å². The number of hydrogen-bond donors (Lipinski definition) is 0. The maximum Gasteiger partial charge on any atom is 0.237 e. The Hall–Kier alpha value is -1.81. The molecule has 0 saturated heterocycles. The van der Waals surface area contributed by atoms with Gasteiger partial charge in [0.15, 0.2) is 5.78 Å². The number of hydrogen-bond acceptors (Lipinski definition) is 3. The van der Waals surface area contributed by atoms with E-state index in [2.05, 4.69) is 4.98 Å². The predicted octanol–water partition coefficient (Wildman–Crippen LogP) is 3.73. The van der Waals surface area contributed by atoms with Crippen LogP contribution in [0.3, 0.4) is 0 Å². The second-order valence-electron chi connectivity index (χ2n) is 5.53. The van der Waals surface area contributed by atoms with Gasteiger partial charge in [-0.1, -0.05) is 32.4 Å². The number of halogens is 1. The molecule has 0 spiro atoms. The van der Waals surface area contributed by atoms with Gasteiger partial charge in [-0.3, -0.25) is 4.79 Å². The van der Waals surface area contributed by atoms with Crippen LogP contribution in [-0.2, 0) is 4.79 Å². The molecule has 1 atom stereocenters. The zero-order valence-electron chi connectivity index (χ0n) is 11.7. The zero-order valence-corrected chi connectivity index (χ0v) is 12.5. The van der Waals surface area contributed by atoms with Gasteiger partial charge in [-0.15, -0.1) is 0 Å². The Balaban J connectivity index is 2.28. The summed E-state index contributed by atoms with van der Waals surface area (Å²) in [6, 6.07) is 7.02. The molecule has 2 rings (SSSR count). The van der Waals surface area contributed by atoms with Crippen LogP contribution in [-0.4, -0.2) is 15.3 Å². The van der Waals surface area contributed by atoms with Crippen molar-refractivity contribution in [2.75, 3.05) is 0 Å². The van der Waals surface area contributed by atoms with Crippen LogP contribution in [0.4, 0.5) is 0 Å². The van der Waals surface area contributed by atoms with E-state index in [0.29, 0.717) is 10.9 Å². The smallest absolute Gasteiger partial charge is 0.237 e. The normalized spacial score (nSPS) is 13.0. The monoisotopic (exact) mass is 292 g/mol. The molecule has 0 aliphatic carbocycles. The number of nitrogens with zero attached hydrogens (tertiary/aromatic N) is 2. The lowest BCUT2D eigenvalue weighted by molar-refractivity contribution is -0.137. The van der Waals surface area contributed by atoms with Gasteiger partial charge in [0.25, 0.3) is 0 Å². The van der Waals surface area contributed by atoms with Gasteiger partial charge < -0.3 is 9.30 Å². The molecule has 0 fully saturated rings. The highest BCUT2D eigenvalue weighted by Gasteiger charge is 2.32. The van der Waals surface area contributed by atoms with Gasteiger partial charge in [-0.2, -0.15) is 0 Å². The molecule has 106 valence electrons. The first kappa shape index (κ1) is 14.6. The number of pyridine rings is 1. The fourth-order valence-corrected chi connectivity index (χ4v) is 1.78. The first-order chi connectivity index (χ1) is 9.38. The van der Waals surface area contributed by atoms with E-state index in [1.165, 1.54) is 6.20 Å². The van der Waals surface area contributed by atoms with Crippen molar-refractivity contribution in [2.45, 2.75) is 27.0 Å². The minimum absolute atomic E-state index is 0.0227. The Bertz CT molecular complexity index is 571. The molecule has 0 amide bonds. The molecule has 2 aromatic heterocycles. The van der Waals surface area contributed by atoms with Crippen LogP contribution in [0.25, 0.3) is 0 Å². The van der Waals surface area contributed by atoms with Crippen molar-refractivity contribution in [3.05, 3.63) is 47.9 Å². The topological polar surface area (TPSA) is 44.1 Å². The van der Waals surface area contributed by atoms with Crippen molar-refractivity contribution in [3.8, 4) is 5.88 Å². The van der Waals surface area contributed by atoms with E-state index < -0.39 is 11.6 Å². The van der Waals surface area contributed by atoms with Crippen molar-refractivity contribution < 1.29 is 9.53 Å². The van der Waals surface area contributed by atoms with Crippen LogP contribution in [0.15, 0.2) is 42.9 Å². The second kappa shape index (κ2) is 5.67. The van der Waals surface area contributed by atoms with Gasteiger partial charge in [-0.05, 0) is 18.2 Å². The predicted molar refractivity (Wildman–Crippen MR) is 77.8 cm³/mol. The van der Waals surface area contributed by atoms with E-state index in [0.717, 1.165) is 0 Å². The number of Topliss-reactive ketones (excluding diaryl/α,β-unsaturated/α-hetero) is 1. The number of carbonyl (C=O) groups excluding carboxylic acids is 1. The van der Waals surface area contributed by atoms with Crippen LogP contribution in [0.1, 0.15) is 27.0 Å². The van der Waals surface area contributed by atoms with Gasteiger partial charge in [-0.25, -0.2) is 4.98 Å². The molecule has 0 bridgehead atoms. The number of rotatable bonds is 4. The third-order valence-corrected chi connectivity index (χ3v) is 3.02. The molecule has 0 aliphatic rings. The standard InChI is InChI=1S/C15H17ClN2O2/c1-15(2,3)13(19)14(18-8-4-5-9-18)20-12-7-6-11(16)10-17-12/h4-10,14H,1-3H3. The maximum atomic E-state index is 12.5. The van der Waals surface area contributed by atoms with Crippen molar-refractivity contribution in [1.29, 1.82) is 0 Å². The van der Waals surface area contributed by atoms with Gasteiger partial charge in [0.2, 0.25) is 12.1 Å². The highest BCUT2D eigenvalue weighted by Crippen LogP contribution is 2.26. The molecule has 0 radical (unpaired) electrons. The van der Waals surface area contributed by atoms with Crippen molar-refractivity contribution in [3.63, 3.8) is 0 Å². The highest BCUT2D eigenvalue weighted by molar-refractivity contribution is 6.30. The molecular weight excluding hydrogens is 276 g/mol. The van der Waals surface area contributed by atoms with Crippen LogP contribution >= 0.6 is 11.6 Å². The molecule has 2 heterocycles. The first-order valence-electron chi connectivity index (χ1n) is 6.33. The number of carbonyl (C=O) groups is 1. The van der Waals surface area contributed by atoms with E-state index in [-0.39, 0.29) is 5.78 Å². The van der Waals surface area contributed by atoms with Crippen LogP contribution in [0.2, 0.25) is 5.02 Å². The Labute approximate surface area is 123 Å². The first-order valence-corrected chi connectivity index (χ1v) is 6.71. The van der Waals surface area contributed by atoms with Gasteiger partial charge >= 0.3 is 0 Å². The summed E-state index contributed by atoms with van der Waals surface area (Å²) in [6.45, 7) is 5.60. The van der Waals surface area contributed by atoms with Crippen molar-refractivity contribution in [1.82, 2.24) is 9.55 Å². The SMILES string of the molecule is CC(C)(C)C(=O)C(Oc1ccc(Cl)cn1)n1cccc1. The average Bonchev–Trinajstić information content (AvgIpc) is 2.90. The molecule has 1 unspecified atom stereocenters. The molecule has 2 aromatic rings. The zero-order chi connectivity index (χ0) is 14.8. The van der Waals surface area contributed by atoms with Crippen LogP contribution < -0.4 is 4.74 Å². The highest BCUT2D eigenvalue weighted by atomic mass is 35.5. The Morgan fingerprint density at radius 1 is 1.30 bits per heavy atom. The molecule has 0 saturated carbocycles. The number of ether oxygens (including phenoxy) is 1. The Morgan fingerprint density at radius 3 is 2.45 bits per heavy atom. The van der Waals surface area contributed by atoms with E-state index in [1.807, 2.05) is 32.9 Å². The Kier molecular flexibility index (Phi) is 4.14. The Morgan fingerprint density at radius 2 is 1.95 bits per heavy atom. The molecule has 20 heavy (non-hydrogen) atoms. The summed E-state index contributed by atoms with van der Waals surface area (Å²) in [5.41, 5.74) is -0.513. The molecule has 0 N–H and O–H groups in total. The fraction of sp³-hybridized carbons (Fsp3) is 0.333. The van der Waals surface area contributed by atoms with Gasteiger partial charge in [0, 0.05) is 30.1 Å². The summed E-state index contributed by atoms with van der Waals surface area (Å²) in [5.74, 6) is 0.344. The lowest BCUT2D eigenvalue weighted by Crippen LogP contribution is -2.33.